The number of para-hydroxylation sites is 3. The van der Waals surface area contributed by atoms with E-state index in [-0.39, 0.29) is 17.4 Å². The molecule has 0 unspecified atom stereocenters. The Balaban J connectivity index is 1.55. The summed E-state index contributed by atoms with van der Waals surface area (Å²) >= 11 is 1.09. The van der Waals surface area contributed by atoms with Crippen LogP contribution < -0.4 is 20.9 Å². The first-order chi connectivity index (χ1) is 16.5. The van der Waals surface area contributed by atoms with E-state index in [0.29, 0.717) is 33.4 Å². The maximum absolute atomic E-state index is 13.4. The van der Waals surface area contributed by atoms with Gasteiger partial charge in [0.25, 0.3) is 5.56 Å². The average molecular weight is 481 g/mol. The van der Waals surface area contributed by atoms with Crippen LogP contribution in [0.5, 0.6) is 5.75 Å². The summed E-state index contributed by atoms with van der Waals surface area (Å²) < 4.78 is 6.90. The number of hydrogen-bond donors (Lipinski definition) is 2. The van der Waals surface area contributed by atoms with Crippen LogP contribution in [0, 0.1) is 5.92 Å². The number of nitrogens with one attached hydrogen (secondary N) is 2. The highest BCUT2D eigenvalue weighted by Gasteiger charge is 2.24. The number of thioether (sulfide) groups is 1. The summed E-state index contributed by atoms with van der Waals surface area (Å²) in [6.07, 6.45) is 4.24. The van der Waals surface area contributed by atoms with E-state index in [1.54, 1.807) is 42.5 Å². The van der Waals surface area contributed by atoms with Gasteiger partial charge in [0, 0.05) is 6.04 Å². The Kier molecular flexibility index (Phi) is 7.52. The number of hydrogen-bond acceptors (Lipinski definition) is 6. The summed E-state index contributed by atoms with van der Waals surface area (Å²) in [5.41, 5.74) is 0.799. The molecule has 3 aromatic rings. The van der Waals surface area contributed by atoms with Crippen LogP contribution in [0.1, 0.15) is 32.6 Å². The Labute approximate surface area is 202 Å². The van der Waals surface area contributed by atoms with E-state index in [0.717, 1.165) is 31.0 Å². The number of fused-ring (bicyclic) bond motifs is 1. The van der Waals surface area contributed by atoms with Crippen LogP contribution in [0.25, 0.3) is 16.6 Å². The van der Waals surface area contributed by atoms with E-state index >= 15 is 0 Å². The van der Waals surface area contributed by atoms with Gasteiger partial charge in [-0.2, -0.15) is 0 Å². The lowest BCUT2D eigenvalue weighted by molar-refractivity contribution is -0.117. The Hall–Kier alpha value is -3.33. The van der Waals surface area contributed by atoms with Gasteiger partial charge in [0.1, 0.15) is 5.75 Å². The zero-order valence-electron chi connectivity index (χ0n) is 19.2. The second-order valence-corrected chi connectivity index (χ2v) is 9.34. The van der Waals surface area contributed by atoms with Crippen molar-refractivity contribution in [3.8, 4) is 11.4 Å². The second kappa shape index (κ2) is 10.7. The normalized spacial score (nSPS) is 17.8. The van der Waals surface area contributed by atoms with Gasteiger partial charge in [-0.15, -0.1) is 0 Å². The first-order valence-electron chi connectivity index (χ1n) is 11.4. The molecule has 1 fully saturated rings. The second-order valence-electron chi connectivity index (χ2n) is 8.40. The number of imide groups is 1. The molecule has 0 saturated heterocycles. The van der Waals surface area contributed by atoms with Gasteiger partial charge in [-0.05, 0) is 43.0 Å². The fourth-order valence-electron chi connectivity index (χ4n) is 4.26. The minimum atomic E-state index is -0.488. The van der Waals surface area contributed by atoms with Crippen molar-refractivity contribution >= 4 is 34.6 Å². The summed E-state index contributed by atoms with van der Waals surface area (Å²) in [7, 11) is 1.53. The van der Waals surface area contributed by atoms with Gasteiger partial charge < -0.3 is 10.1 Å². The molecular formula is C25H28N4O4S. The summed E-state index contributed by atoms with van der Waals surface area (Å²) in [6.45, 7) is 2.12. The molecule has 3 amide bonds. The Morgan fingerprint density at radius 2 is 1.85 bits per heavy atom. The molecule has 2 N–H and O–H groups in total. The van der Waals surface area contributed by atoms with E-state index in [1.165, 1.54) is 18.1 Å². The number of amides is 3. The van der Waals surface area contributed by atoms with E-state index < -0.39 is 11.9 Å². The molecule has 4 rings (SSSR count). The van der Waals surface area contributed by atoms with Gasteiger partial charge in [0.15, 0.2) is 5.16 Å². The fourth-order valence-corrected chi connectivity index (χ4v) is 5.07. The van der Waals surface area contributed by atoms with Crippen molar-refractivity contribution in [1.82, 2.24) is 20.2 Å². The number of aromatic nitrogens is 2. The molecule has 1 aliphatic carbocycles. The van der Waals surface area contributed by atoms with E-state index in [2.05, 4.69) is 22.5 Å². The number of nitrogens with zero attached hydrogens (tertiary/aromatic N) is 2. The van der Waals surface area contributed by atoms with Crippen LogP contribution in [-0.4, -0.2) is 40.4 Å². The van der Waals surface area contributed by atoms with Crippen molar-refractivity contribution in [1.29, 1.82) is 0 Å². The van der Waals surface area contributed by atoms with E-state index in [1.807, 2.05) is 6.07 Å². The molecule has 1 aliphatic rings. The number of urea groups is 1. The van der Waals surface area contributed by atoms with Gasteiger partial charge in [0.05, 0.1) is 29.5 Å². The first-order valence-corrected chi connectivity index (χ1v) is 12.3. The molecule has 2 atom stereocenters. The van der Waals surface area contributed by atoms with Gasteiger partial charge in [-0.25, -0.2) is 9.78 Å². The van der Waals surface area contributed by atoms with Crippen molar-refractivity contribution in [2.45, 2.75) is 43.8 Å². The highest BCUT2D eigenvalue weighted by molar-refractivity contribution is 7.99. The number of rotatable bonds is 6. The lowest BCUT2D eigenvalue weighted by atomic mass is 9.86. The molecule has 8 nitrogen and oxygen atoms in total. The monoisotopic (exact) mass is 480 g/mol. The standard InChI is InChI=1S/C25H28N4O4S/c1-16-9-3-5-11-18(16)26-24(32)28-22(30)15-34-25-27-19-12-6-4-10-17(19)23(31)29(25)20-13-7-8-14-21(20)33-2/h4,6-8,10,12-14,16,18H,3,5,9,11,15H2,1-2H3,(H2,26,28,30,32)/t16-,18-/m0/s1. The molecule has 2 aromatic carbocycles. The Morgan fingerprint density at radius 1 is 1.12 bits per heavy atom. The van der Waals surface area contributed by atoms with Crippen LogP contribution in [0.3, 0.4) is 0 Å². The zero-order valence-corrected chi connectivity index (χ0v) is 20.1. The molecule has 0 spiro atoms. The quantitative estimate of drug-likeness (QED) is 0.410. The lowest BCUT2D eigenvalue weighted by Crippen LogP contribution is -2.48. The van der Waals surface area contributed by atoms with Gasteiger partial charge in [0.2, 0.25) is 5.91 Å². The number of methoxy groups -OCH3 is 1. The van der Waals surface area contributed by atoms with E-state index in [4.69, 9.17) is 4.74 Å². The van der Waals surface area contributed by atoms with E-state index in [9.17, 15) is 14.4 Å². The molecule has 9 heteroatoms. The van der Waals surface area contributed by atoms with Gasteiger partial charge in [-0.1, -0.05) is 55.8 Å². The third kappa shape index (κ3) is 5.25. The molecule has 0 bridgehead atoms. The molecule has 178 valence electrons. The minimum Gasteiger partial charge on any atom is -0.495 e. The highest BCUT2D eigenvalue weighted by Crippen LogP contribution is 2.27. The zero-order chi connectivity index (χ0) is 24.1. The smallest absolute Gasteiger partial charge is 0.321 e. The maximum atomic E-state index is 13.4. The lowest BCUT2D eigenvalue weighted by Gasteiger charge is -2.29. The maximum Gasteiger partial charge on any atom is 0.321 e. The van der Waals surface area contributed by atoms with Crippen molar-refractivity contribution in [2.24, 2.45) is 5.92 Å². The van der Waals surface area contributed by atoms with Crippen molar-refractivity contribution < 1.29 is 14.3 Å². The molecule has 34 heavy (non-hydrogen) atoms. The molecule has 0 aliphatic heterocycles. The first kappa shape index (κ1) is 23.8. The SMILES string of the molecule is COc1ccccc1-n1c(SCC(=O)NC(=O)N[C@H]2CCCC[C@@H]2C)nc2ccccc2c1=O. The predicted octanol–water partition coefficient (Wildman–Crippen LogP) is 3.89. The number of carbonyl (C=O) groups excluding carboxylic acids is 2. The summed E-state index contributed by atoms with van der Waals surface area (Å²) in [5, 5.41) is 6.12. The molecule has 1 aromatic heterocycles. The Bertz CT molecular complexity index is 1260. The summed E-state index contributed by atoms with van der Waals surface area (Å²) in [6, 6.07) is 13.8. The van der Waals surface area contributed by atoms with Crippen LogP contribution in [0.2, 0.25) is 0 Å². The van der Waals surface area contributed by atoms with Crippen molar-refractivity contribution in [2.75, 3.05) is 12.9 Å². The topological polar surface area (TPSA) is 102 Å². The van der Waals surface area contributed by atoms with Gasteiger partial charge in [-0.3, -0.25) is 19.5 Å². The number of carbonyl (C=O) groups is 2. The fraction of sp³-hybridized carbons (Fsp3) is 0.360. The largest absolute Gasteiger partial charge is 0.495 e. The van der Waals surface area contributed by atoms with Crippen molar-refractivity contribution in [3.05, 3.63) is 58.9 Å². The molecule has 1 saturated carbocycles. The Morgan fingerprint density at radius 3 is 2.65 bits per heavy atom. The molecule has 0 radical (unpaired) electrons. The van der Waals surface area contributed by atoms with Crippen LogP contribution >= 0.6 is 11.8 Å². The van der Waals surface area contributed by atoms with Crippen LogP contribution in [0.4, 0.5) is 4.79 Å². The minimum absolute atomic E-state index is 0.0758. The molecule has 1 heterocycles. The van der Waals surface area contributed by atoms with Crippen LogP contribution in [0.15, 0.2) is 58.5 Å². The third-order valence-corrected chi connectivity index (χ3v) is 7.02. The average Bonchev–Trinajstić information content (AvgIpc) is 2.84. The molecular weight excluding hydrogens is 452 g/mol. The third-order valence-electron chi connectivity index (χ3n) is 6.08. The van der Waals surface area contributed by atoms with Crippen molar-refractivity contribution in [3.63, 3.8) is 0 Å². The highest BCUT2D eigenvalue weighted by atomic mass is 32.2. The summed E-state index contributed by atoms with van der Waals surface area (Å²) in [4.78, 5) is 42.9. The number of benzene rings is 2. The van der Waals surface area contributed by atoms with Gasteiger partial charge >= 0.3 is 6.03 Å². The van der Waals surface area contributed by atoms with Crippen LogP contribution in [-0.2, 0) is 4.79 Å². The summed E-state index contributed by atoms with van der Waals surface area (Å²) in [5.74, 6) is 0.364. The predicted molar refractivity (Wildman–Crippen MR) is 133 cm³/mol. The number of ether oxygens (including phenoxy) is 1.